The van der Waals surface area contributed by atoms with Crippen LogP contribution in [0.1, 0.15) is 34.8 Å². The Morgan fingerprint density at radius 2 is 2.22 bits per heavy atom. The molecule has 1 aliphatic rings. The van der Waals surface area contributed by atoms with Crippen LogP contribution in [-0.2, 0) is 4.74 Å². The van der Waals surface area contributed by atoms with E-state index in [0.717, 1.165) is 30.8 Å². The van der Waals surface area contributed by atoms with Crippen LogP contribution in [0, 0.1) is 5.82 Å². The third kappa shape index (κ3) is 3.01. The number of carbonyl (C=O) groups is 1. The van der Waals surface area contributed by atoms with E-state index in [9.17, 15) is 9.18 Å². The van der Waals surface area contributed by atoms with Crippen LogP contribution in [0.15, 0.2) is 36.5 Å². The number of hydrogen-bond acceptors (Lipinski definition) is 4. The zero-order valence-corrected chi connectivity index (χ0v) is 13.4. The lowest BCUT2D eigenvalue weighted by atomic mass is 10.0. The minimum absolute atomic E-state index is 0.0188. The fourth-order valence-electron chi connectivity index (χ4n) is 2.94. The molecule has 23 heavy (non-hydrogen) atoms. The van der Waals surface area contributed by atoms with Crippen molar-refractivity contribution in [1.29, 1.82) is 0 Å². The number of benzene rings is 1. The number of pyridine rings is 1. The highest BCUT2D eigenvalue weighted by Crippen LogP contribution is 2.38. The highest BCUT2D eigenvalue weighted by atomic mass is 35.5. The van der Waals surface area contributed by atoms with Gasteiger partial charge in [0.05, 0.1) is 23.7 Å². The van der Waals surface area contributed by atoms with Crippen molar-refractivity contribution in [3.05, 3.63) is 58.5 Å². The Hall–Kier alpha value is -2.14. The minimum atomic E-state index is -0.421. The summed E-state index contributed by atoms with van der Waals surface area (Å²) in [4.78, 5) is 17.9. The smallest absolute Gasteiger partial charge is 0.339 e. The van der Waals surface area contributed by atoms with Crippen LogP contribution in [0.5, 0.6) is 0 Å². The third-order valence-electron chi connectivity index (χ3n) is 4.06. The molecule has 1 atom stereocenters. The first-order chi connectivity index (χ1) is 11.1. The summed E-state index contributed by atoms with van der Waals surface area (Å²) in [5.41, 5.74) is 1.17. The van der Waals surface area contributed by atoms with Crippen LogP contribution in [0.25, 0.3) is 0 Å². The predicted octanol–water partition coefficient (Wildman–Crippen LogP) is 4.00. The highest BCUT2D eigenvalue weighted by Gasteiger charge is 2.29. The SMILES string of the molecule is COC(=O)c1ccc(N2CCCC2c2cccc(F)c2Cl)nc1. The largest absolute Gasteiger partial charge is 0.465 e. The topological polar surface area (TPSA) is 42.4 Å². The molecule has 1 saturated heterocycles. The maximum atomic E-state index is 13.7. The molecule has 2 aromatic rings. The number of carbonyl (C=O) groups excluding carboxylic acids is 1. The van der Waals surface area contributed by atoms with Gasteiger partial charge in [0.25, 0.3) is 0 Å². The van der Waals surface area contributed by atoms with Crippen LogP contribution in [0.2, 0.25) is 5.02 Å². The van der Waals surface area contributed by atoms with Gasteiger partial charge < -0.3 is 9.64 Å². The van der Waals surface area contributed by atoms with E-state index in [1.54, 1.807) is 18.2 Å². The van der Waals surface area contributed by atoms with Gasteiger partial charge in [-0.25, -0.2) is 14.2 Å². The van der Waals surface area contributed by atoms with E-state index in [0.29, 0.717) is 5.56 Å². The van der Waals surface area contributed by atoms with Gasteiger partial charge in [0, 0.05) is 12.7 Å². The summed E-state index contributed by atoms with van der Waals surface area (Å²) >= 11 is 6.13. The average Bonchev–Trinajstić information content (AvgIpc) is 3.06. The molecule has 0 radical (unpaired) electrons. The van der Waals surface area contributed by atoms with Gasteiger partial charge in [-0.05, 0) is 36.6 Å². The summed E-state index contributed by atoms with van der Waals surface area (Å²) in [7, 11) is 1.33. The molecule has 2 heterocycles. The lowest BCUT2D eigenvalue weighted by molar-refractivity contribution is 0.0600. The van der Waals surface area contributed by atoms with Crippen molar-refractivity contribution in [3.8, 4) is 0 Å². The molecule has 1 fully saturated rings. The molecule has 3 rings (SSSR count). The Morgan fingerprint density at radius 3 is 2.91 bits per heavy atom. The molecule has 120 valence electrons. The minimum Gasteiger partial charge on any atom is -0.465 e. The Labute approximate surface area is 138 Å². The van der Waals surface area contributed by atoms with Gasteiger partial charge in [0.1, 0.15) is 11.6 Å². The number of ether oxygens (including phenoxy) is 1. The first-order valence-electron chi connectivity index (χ1n) is 7.36. The van der Waals surface area contributed by atoms with Crippen LogP contribution in [0.3, 0.4) is 0 Å². The van der Waals surface area contributed by atoms with Crippen molar-refractivity contribution in [3.63, 3.8) is 0 Å². The zero-order valence-electron chi connectivity index (χ0n) is 12.6. The number of nitrogens with zero attached hydrogens (tertiary/aromatic N) is 2. The first kappa shape index (κ1) is 15.7. The number of aromatic nitrogens is 1. The summed E-state index contributed by atoms with van der Waals surface area (Å²) in [5.74, 6) is -0.0966. The summed E-state index contributed by atoms with van der Waals surface area (Å²) in [6, 6.07) is 8.30. The van der Waals surface area contributed by atoms with E-state index >= 15 is 0 Å². The lowest BCUT2D eigenvalue weighted by Gasteiger charge is -2.27. The highest BCUT2D eigenvalue weighted by molar-refractivity contribution is 6.31. The number of esters is 1. The molecule has 0 bridgehead atoms. The van der Waals surface area contributed by atoms with E-state index in [1.807, 2.05) is 6.07 Å². The Bertz CT molecular complexity index is 721. The molecule has 1 aliphatic heterocycles. The normalized spacial score (nSPS) is 17.3. The van der Waals surface area contributed by atoms with Gasteiger partial charge in [-0.2, -0.15) is 0 Å². The summed E-state index contributed by atoms with van der Waals surface area (Å²) < 4.78 is 18.4. The Balaban J connectivity index is 1.90. The second-order valence-electron chi connectivity index (χ2n) is 5.39. The number of hydrogen-bond donors (Lipinski definition) is 0. The zero-order chi connectivity index (χ0) is 16.4. The second kappa shape index (κ2) is 6.54. The van der Waals surface area contributed by atoms with Gasteiger partial charge in [-0.3, -0.25) is 0 Å². The van der Waals surface area contributed by atoms with Crippen molar-refractivity contribution in [2.75, 3.05) is 18.6 Å². The van der Waals surface area contributed by atoms with Crippen molar-refractivity contribution in [2.24, 2.45) is 0 Å². The summed E-state index contributed by atoms with van der Waals surface area (Å²) in [5, 5.41) is 0.163. The van der Waals surface area contributed by atoms with Crippen molar-refractivity contribution in [2.45, 2.75) is 18.9 Å². The van der Waals surface area contributed by atoms with Crippen molar-refractivity contribution in [1.82, 2.24) is 4.98 Å². The molecule has 1 aromatic carbocycles. The van der Waals surface area contributed by atoms with Gasteiger partial charge in [0.2, 0.25) is 0 Å². The standard InChI is InChI=1S/C17H16ClFN2O2/c1-23-17(22)11-7-8-15(20-10-11)21-9-3-6-14(21)12-4-2-5-13(19)16(12)18/h2,4-5,7-8,10,14H,3,6,9H2,1H3. The second-order valence-corrected chi connectivity index (χ2v) is 5.77. The van der Waals surface area contributed by atoms with Crippen molar-refractivity contribution < 1.29 is 13.9 Å². The molecule has 0 saturated carbocycles. The van der Waals surface area contributed by atoms with E-state index in [1.165, 1.54) is 19.4 Å². The van der Waals surface area contributed by atoms with Gasteiger partial charge >= 0.3 is 5.97 Å². The number of rotatable bonds is 3. The van der Waals surface area contributed by atoms with E-state index < -0.39 is 11.8 Å². The molecule has 0 aliphatic carbocycles. The third-order valence-corrected chi connectivity index (χ3v) is 4.46. The van der Waals surface area contributed by atoms with Crippen LogP contribution >= 0.6 is 11.6 Å². The average molecular weight is 335 g/mol. The molecule has 1 unspecified atom stereocenters. The molecule has 1 aromatic heterocycles. The van der Waals surface area contributed by atoms with Gasteiger partial charge in [0.15, 0.2) is 0 Å². The fraction of sp³-hybridized carbons (Fsp3) is 0.294. The van der Waals surface area contributed by atoms with Gasteiger partial charge in [-0.15, -0.1) is 0 Å². The molecule has 0 amide bonds. The monoisotopic (exact) mass is 334 g/mol. The molecule has 6 heteroatoms. The van der Waals surface area contributed by atoms with Crippen LogP contribution in [-0.4, -0.2) is 24.6 Å². The number of methoxy groups -OCH3 is 1. The van der Waals surface area contributed by atoms with E-state index in [4.69, 9.17) is 11.6 Å². The first-order valence-corrected chi connectivity index (χ1v) is 7.74. The summed E-state index contributed by atoms with van der Waals surface area (Å²) in [6.45, 7) is 0.808. The molecular weight excluding hydrogens is 319 g/mol. The fourth-order valence-corrected chi connectivity index (χ4v) is 3.19. The van der Waals surface area contributed by atoms with Crippen molar-refractivity contribution >= 4 is 23.4 Å². The quantitative estimate of drug-likeness (QED) is 0.796. The van der Waals surface area contributed by atoms with Gasteiger partial charge in [-0.1, -0.05) is 23.7 Å². The molecular formula is C17H16ClFN2O2. The maximum Gasteiger partial charge on any atom is 0.339 e. The van der Waals surface area contributed by atoms with E-state index in [-0.39, 0.29) is 11.1 Å². The molecule has 4 nitrogen and oxygen atoms in total. The molecule has 0 N–H and O–H groups in total. The lowest BCUT2D eigenvalue weighted by Crippen LogP contribution is -2.24. The van der Waals surface area contributed by atoms with Crippen LogP contribution < -0.4 is 4.90 Å². The Kier molecular flexibility index (Phi) is 4.48. The molecule has 0 spiro atoms. The number of anilines is 1. The summed E-state index contributed by atoms with van der Waals surface area (Å²) in [6.07, 6.45) is 3.34. The van der Waals surface area contributed by atoms with E-state index in [2.05, 4.69) is 14.6 Å². The van der Waals surface area contributed by atoms with Crippen LogP contribution in [0.4, 0.5) is 10.2 Å². The predicted molar refractivity (Wildman–Crippen MR) is 86.3 cm³/mol. The number of halogens is 2. The Morgan fingerprint density at radius 1 is 1.39 bits per heavy atom. The maximum absolute atomic E-state index is 13.7.